The number of carbonyl (C=O) groups is 2. The smallest absolute Gasteiger partial charge is 0.321 e. The van der Waals surface area contributed by atoms with Gasteiger partial charge < -0.3 is 20.4 Å². The molecule has 0 saturated carbocycles. The van der Waals surface area contributed by atoms with E-state index in [1.807, 2.05) is 46.8 Å². The Morgan fingerprint density at radius 1 is 1.26 bits per heavy atom. The van der Waals surface area contributed by atoms with Gasteiger partial charge in [-0.25, -0.2) is 4.79 Å². The summed E-state index contributed by atoms with van der Waals surface area (Å²) in [4.78, 5) is 26.4. The molecule has 6 nitrogen and oxygen atoms in total. The Hall–Kier alpha value is -2.08. The van der Waals surface area contributed by atoms with Crippen molar-refractivity contribution in [3.63, 3.8) is 0 Å². The van der Waals surface area contributed by atoms with Gasteiger partial charge in [0.05, 0.1) is 6.10 Å². The molecule has 6 heteroatoms. The van der Waals surface area contributed by atoms with E-state index in [9.17, 15) is 19.8 Å². The summed E-state index contributed by atoms with van der Waals surface area (Å²) in [5, 5.41) is 23.3. The predicted octanol–water partition coefficient (Wildman–Crippen LogP) is 3.72. The fourth-order valence-electron chi connectivity index (χ4n) is 3.92. The molecule has 1 aromatic rings. The molecule has 1 aliphatic rings. The average molecular weight is 376 g/mol. The molecule has 0 unspecified atom stereocenters. The van der Waals surface area contributed by atoms with E-state index in [2.05, 4.69) is 5.32 Å². The highest BCUT2D eigenvalue weighted by Crippen LogP contribution is 2.37. The molecular weight excluding hydrogens is 344 g/mol. The first-order chi connectivity index (χ1) is 12.6. The Balaban J connectivity index is 2.21. The number of urea groups is 1. The second-order valence-corrected chi connectivity index (χ2v) is 8.32. The number of piperidine rings is 1. The first-order valence-corrected chi connectivity index (χ1v) is 9.62. The number of hydrogen-bond acceptors (Lipinski definition) is 3. The standard InChI is InChI=1S/C21H32N2O4/c1-13(2)6-8-21(19(25)26)12-23(9-7-17(21)24)20(27)22-18-15(4)10-14(3)11-16(18)5/h10-11,13,17,24H,6-9,12H2,1-5H3,(H,22,27)(H,25,26)/t17-,21+/m0/s1. The van der Waals surface area contributed by atoms with Gasteiger partial charge in [-0.15, -0.1) is 0 Å². The van der Waals surface area contributed by atoms with E-state index in [1.54, 1.807) is 0 Å². The highest BCUT2D eigenvalue weighted by Gasteiger charge is 2.49. The van der Waals surface area contributed by atoms with E-state index >= 15 is 0 Å². The lowest BCUT2D eigenvalue weighted by molar-refractivity contribution is -0.162. The van der Waals surface area contributed by atoms with Crippen LogP contribution < -0.4 is 5.32 Å². The van der Waals surface area contributed by atoms with Crippen LogP contribution in [0, 0.1) is 32.1 Å². The number of rotatable bonds is 5. The number of hydrogen-bond donors (Lipinski definition) is 3. The molecule has 0 aromatic heterocycles. The summed E-state index contributed by atoms with van der Waals surface area (Å²) in [5.41, 5.74) is 2.53. The molecule has 150 valence electrons. The van der Waals surface area contributed by atoms with Crippen molar-refractivity contribution in [2.75, 3.05) is 18.4 Å². The van der Waals surface area contributed by atoms with Crippen molar-refractivity contribution < 1.29 is 19.8 Å². The maximum atomic E-state index is 12.9. The van der Waals surface area contributed by atoms with Gasteiger partial charge in [0, 0.05) is 18.8 Å². The van der Waals surface area contributed by atoms with Gasteiger partial charge in [-0.1, -0.05) is 31.5 Å². The van der Waals surface area contributed by atoms with Crippen LogP contribution in [0.5, 0.6) is 0 Å². The Morgan fingerprint density at radius 3 is 2.37 bits per heavy atom. The lowest BCUT2D eigenvalue weighted by Crippen LogP contribution is -2.58. The normalized spacial score (nSPS) is 22.8. The zero-order chi connectivity index (χ0) is 20.4. The molecule has 2 rings (SSSR count). The number of aliphatic hydroxyl groups excluding tert-OH is 1. The minimum Gasteiger partial charge on any atom is -0.481 e. The molecule has 1 aromatic carbocycles. The van der Waals surface area contributed by atoms with E-state index in [0.717, 1.165) is 22.4 Å². The molecule has 1 aliphatic heterocycles. The number of carboxylic acid groups (broad SMARTS) is 1. The van der Waals surface area contributed by atoms with Crippen molar-refractivity contribution in [2.45, 2.75) is 60.0 Å². The molecule has 27 heavy (non-hydrogen) atoms. The molecule has 1 fully saturated rings. The number of aliphatic carboxylic acids is 1. The fraction of sp³-hybridized carbons (Fsp3) is 0.619. The number of anilines is 1. The number of aryl methyl sites for hydroxylation is 3. The molecule has 0 radical (unpaired) electrons. The molecule has 1 saturated heterocycles. The van der Waals surface area contributed by atoms with E-state index in [-0.39, 0.29) is 19.0 Å². The molecule has 3 N–H and O–H groups in total. The predicted molar refractivity (Wildman–Crippen MR) is 106 cm³/mol. The minimum atomic E-state index is -1.31. The van der Waals surface area contributed by atoms with E-state index in [4.69, 9.17) is 0 Å². The van der Waals surface area contributed by atoms with Crippen molar-refractivity contribution in [1.29, 1.82) is 0 Å². The van der Waals surface area contributed by atoms with Crippen molar-refractivity contribution in [3.05, 3.63) is 28.8 Å². The third-order valence-corrected chi connectivity index (χ3v) is 5.57. The summed E-state index contributed by atoms with van der Waals surface area (Å²) in [6, 6.07) is 3.70. The zero-order valence-electron chi connectivity index (χ0n) is 17.0. The number of aliphatic hydroxyl groups is 1. The Bertz CT molecular complexity index is 693. The molecular formula is C21H32N2O4. The SMILES string of the molecule is Cc1cc(C)c(NC(=O)N2CC[C@H](O)[C@](CCC(C)C)(C(=O)O)C2)c(C)c1. The number of amides is 2. The Labute approximate surface area is 161 Å². The third kappa shape index (κ3) is 4.61. The van der Waals surface area contributed by atoms with Crippen LogP contribution in [0.1, 0.15) is 49.8 Å². The number of carboxylic acids is 1. The summed E-state index contributed by atoms with van der Waals surface area (Å²) >= 11 is 0. The monoisotopic (exact) mass is 376 g/mol. The van der Waals surface area contributed by atoms with Gasteiger partial charge in [-0.3, -0.25) is 4.79 Å². The first kappa shape index (κ1) is 21.2. The zero-order valence-corrected chi connectivity index (χ0v) is 17.0. The fourth-order valence-corrected chi connectivity index (χ4v) is 3.92. The van der Waals surface area contributed by atoms with Gasteiger partial charge in [0.2, 0.25) is 0 Å². The summed E-state index contributed by atoms with van der Waals surface area (Å²) in [6.07, 6.45) is 0.368. The summed E-state index contributed by atoms with van der Waals surface area (Å²) in [5.74, 6) is -0.702. The summed E-state index contributed by atoms with van der Waals surface area (Å²) < 4.78 is 0. The van der Waals surface area contributed by atoms with Crippen molar-refractivity contribution in [2.24, 2.45) is 11.3 Å². The third-order valence-electron chi connectivity index (χ3n) is 5.57. The van der Waals surface area contributed by atoms with Crippen LogP contribution in [0.25, 0.3) is 0 Å². The second-order valence-electron chi connectivity index (χ2n) is 8.32. The number of nitrogens with one attached hydrogen (secondary N) is 1. The van der Waals surface area contributed by atoms with Gasteiger partial charge in [0.1, 0.15) is 5.41 Å². The lowest BCUT2D eigenvalue weighted by atomic mass is 9.73. The second kappa shape index (κ2) is 8.30. The topological polar surface area (TPSA) is 89.9 Å². The quantitative estimate of drug-likeness (QED) is 0.731. The Morgan fingerprint density at radius 2 is 1.85 bits per heavy atom. The number of carbonyl (C=O) groups excluding carboxylic acids is 1. The van der Waals surface area contributed by atoms with Crippen LogP contribution in [0.3, 0.4) is 0 Å². The summed E-state index contributed by atoms with van der Waals surface area (Å²) in [7, 11) is 0. The van der Waals surface area contributed by atoms with E-state index in [0.29, 0.717) is 25.3 Å². The van der Waals surface area contributed by atoms with Crippen LogP contribution in [-0.2, 0) is 4.79 Å². The first-order valence-electron chi connectivity index (χ1n) is 9.62. The van der Waals surface area contributed by atoms with Gasteiger partial charge in [-0.2, -0.15) is 0 Å². The molecule has 0 bridgehead atoms. The van der Waals surface area contributed by atoms with Gasteiger partial charge >= 0.3 is 12.0 Å². The number of likely N-dealkylation sites (tertiary alicyclic amines) is 1. The number of benzene rings is 1. The van der Waals surface area contributed by atoms with Crippen LogP contribution in [-0.4, -0.2) is 46.3 Å². The molecule has 0 spiro atoms. The van der Waals surface area contributed by atoms with E-state index < -0.39 is 17.5 Å². The van der Waals surface area contributed by atoms with Crippen molar-refractivity contribution >= 4 is 17.7 Å². The van der Waals surface area contributed by atoms with Crippen molar-refractivity contribution in [1.82, 2.24) is 4.90 Å². The summed E-state index contributed by atoms with van der Waals surface area (Å²) in [6.45, 7) is 10.3. The van der Waals surface area contributed by atoms with Gasteiger partial charge in [-0.05, 0) is 57.1 Å². The Kier molecular flexibility index (Phi) is 6.52. The maximum absolute atomic E-state index is 12.9. The van der Waals surface area contributed by atoms with E-state index in [1.165, 1.54) is 4.90 Å². The lowest BCUT2D eigenvalue weighted by Gasteiger charge is -2.43. The van der Waals surface area contributed by atoms with Crippen LogP contribution in [0.2, 0.25) is 0 Å². The molecule has 2 amide bonds. The van der Waals surface area contributed by atoms with Crippen LogP contribution in [0.15, 0.2) is 12.1 Å². The molecule has 0 aliphatic carbocycles. The van der Waals surface area contributed by atoms with Crippen LogP contribution >= 0.6 is 0 Å². The highest BCUT2D eigenvalue weighted by atomic mass is 16.4. The largest absolute Gasteiger partial charge is 0.481 e. The van der Waals surface area contributed by atoms with Crippen molar-refractivity contribution in [3.8, 4) is 0 Å². The average Bonchev–Trinajstić information content (AvgIpc) is 2.56. The van der Waals surface area contributed by atoms with Gasteiger partial charge in [0.15, 0.2) is 0 Å². The molecule has 2 atom stereocenters. The number of nitrogens with zero attached hydrogens (tertiary/aromatic N) is 1. The maximum Gasteiger partial charge on any atom is 0.321 e. The minimum absolute atomic E-state index is 0.0199. The molecule has 1 heterocycles. The van der Waals surface area contributed by atoms with Crippen LogP contribution in [0.4, 0.5) is 10.5 Å². The van der Waals surface area contributed by atoms with Gasteiger partial charge in [0.25, 0.3) is 0 Å². The highest BCUT2D eigenvalue weighted by molar-refractivity contribution is 5.92.